The van der Waals surface area contributed by atoms with Gasteiger partial charge in [0.2, 0.25) is 5.95 Å². The van der Waals surface area contributed by atoms with Crippen LogP contribution in [0.5, 0.6) is 5.75 Å². The SMILES string of the molecule is CNCCC(Oc1cccc(-c2ccnc(N3CCN(C)CC3)n2)c1)c1ccccc1. The molecule has 31 heavy (non-hydrogen) atoms. The monoisotopic (exact) mass is 417 g/mol. The zero-order valence-corrected chi connectivity index (χ0v) is 18.4. The lowest BCUT2D eigenvalue weighted by Crippen LogP contribution is -2.45. The van der Waals surface area contributed by atoms with Gasteiger partial charge in [-0.25, -0.2) is 9.97 Å². The topological polar surface area (TPSA) is 53.5 Å². The summed E-state index contributed by atoms with van der Waals surface area (Å²) in [5.74, 6) is 1.65. The van der Waals surface area contributed by atoms with E-state index < -0.39 is 0 Å². The highest BCUT2D eigenvalue weighted by Crippen LogP contribution is 2.28. The molecule has 6 nitrogen and oxygen atoms in total. The van der Waals surface area contributed by atoms with Gasteiger partial charge in [-0.2, -0.15) is 0 Å². The molecule has 1 aliphatic heterocycles. The van der Waals surface area contributed by atoms with Crippen molar-refractivity contribution in [1.29, 1.82) is 0 Å². The Labute approximate surface area is 184 Å². The van der Waals surface area contributed by atoms with Crippen molar-refractivity contribution in [3.63, 3.8) is 0 Å². The highest BCUT2D eigenvalue weighted by Gasteiger charge is 2.17. The van der Waals surface area contributed by atoms with E-state index in [-0.39, 0.29) is 6.10 Å². The zero-order valence-electron chi connectivity index (χ0n) is 18.4. The summed E-state index contributed by atoms with van der Waals surface area (Å²) in [6.45, 7) is 4.86. The van der Waals surface area contributed by atoms with E-state index in [1.165, 1.54) is 5.56 Å². The third-order valence-electron chi connectivity index (χ3n) is 5.67. The fourth-order valence-electron chi connectivity index (χ4n) is 3.80. The molecule has 1 saturated heterocycles. The van der Waals surface area contributed by atoms with E-state index in [9.17, 15) is 0 Å². The van der Waals surface area contributed by atoms with E-state index in [0.717, 1.165) is 62.1 Å². The number of likely N-dealkylation sites (N-methyl/N-ethyl adjacent to an activating group) is 1. The van der Waals surface area contributed by atoms with Crippen molar-refractivity contribution in [2.24, 2.45) is 0 Å². The summed E-state index contributed by atoms with van der Waals surface area (Å²) < 4.78 is 6.42. The van der Waals surface area contributed by atoms with Crippen LogP contribution in [0.2, 0.25) is 0 Å². The molecule has 1 fully saturated rings. The van der Waals surface area contributed by atoms with Crippen LogP contribution in [0.15, 0.2) is 66.9 Å². The lowest BCUT2D eigenvalue weighted by Gasteiger charge is -2.32. The molecule has 0 radical (unpaired) electrons. The van der Waals surface area contributed by atoms with Crippen LogP contribution < -0.4 is 15.0 Å². The Morgan fingerprint density at radius 1 is 1.00 bits per heavy atom. The fraction of sp³-hybridized carbons (Fsp3) is 0.360. The number of anilines is 1. The number of ether oxygens (including phenoxy) is 1. The Kier molecular flexibility index (Phi) is 7.12. The second kappa shape index (κ2) is 10.4. The first kappa shape index (κ1) is 21.3. The maximum Gasteiger partial charge on any atom is 0.225 e. The van der Waals surface area contributed by atoms with Crippen LogP contribution >= 0.6 is 0 Å². The van der Waals surface area contributed by atoms with Gasteiger partial charge in [0, 0.05) is 44.4 Å². The van der Waals surface area contributed by atoms with Crippen LogP contribution in [-0.4, -0.2) is 61.7 Å². The average Bonchev–Trinajstić information content (AvgIpc) is 2.83. The standard InChI is InChI=1S/C25H31N5O/c1-26-13-12-24(20-7-4-3-5-8-20)31-22-10-6-9-21(19-22)23-11-14-27-25(28-23)30-17-15-29(2)16-18-30/h3-11,14,19,24,26H,12-13,15-18H2,1-2H3. The van der Waals surface area contributed by atoms with Gasteiger partial charge in [-0.1, -0.05) is 42.5 Å². The molecule has 0 saturated carbocycles. The van der Waals surface area contributed by atoms with E-state index in [1.54, 1.807) is 0 Å². The summed E-state index contributed by atoms with van der Waals surface area (Å²) >= 11 is 0. The van der Waals surface area contributed by atoms with Crippen molar-refractivity contribution >= 4 is 5.95 Å². The highest BCUT2D eigenvalue weighted by atomic mass is 16.5. The highest BCUT2D eigenvalue weighted by molar-refractivity contribution is 5.62. The zero-order chi connectivity index (χ0) is 21.5. The molecule has 2 heterocycles. The van der Waals surface area contributed by atoms with Crippen LogP contribution in [0.25, 0.3) is 11.3 Å². The Bertz CT molecular complexity index is 957. The van der Waals surface area contributed by atoms with Crippen LogP contribution in [0.3, 0.4) is 0 Å². The molecule has 0 spiro atoms. The van der Waals surface area contributed by atoms with Gasteiger partial charge < -0.3 is 19.9 Å². The Balaban J connectivity index is 1.53. The predicted molar refractivity (Wildman–Crippen MR) is 126 cm³/mol. The molecule has 0 aliphatic carbocycles. The smallest absolute Gasteiger partial charge is 0.225 e. The first-order valence-electron chi connectivity index (χ1n) is 11.0. The summed E-state index contributed by atoms with van der Waals surface area (Å²) in [5, 5.41) is 3.23. The number of hydrogen-bond donors (Lipinski definition) is 1. The van der Waals surface area contributed by atoms with Crippen LogP contribution in [0.1, 0.15) is 18.1 Å². The average molecular weight is 418 g/mol. The molecule has 2 aromatic carbocycles. The van der Waals surface area contributed by atoms with Gasteiger partial charge in [0.15, 0.2) is 0 Å². The first-order valence-corrected chi connectivity index (χ1v) is 11.0. The van der Waals surface area contributed by atoms with Crippen molar-refractivity contribution in [2.45, 2.75) is 12.5 Å². The van der Waals surface area contributed by atoms with E-state index in [4.69, 9.17) is 9.72 Å². The van der Waals surface area contributed by atoms with E-state index in [1.807, 2.05) is 37.5 Å². The summed E-state index contributed by atoms with van der Waals surface area (Å²) in [6, 6.07) is 20.6. The summed E-state index contributed by atoms with van der Waals surface area (Å²) in [7, 11) is 4.12. The van der Waals surface area contributed by atoms with Crippen molar-refractivity contribution in [2.75, 3.05) is 51.7 Å². The van der Waals surface area contributed by atoms with E-state index >= 15 is 0 Å². The number of rotatable bonds is 8. The number of nitrogens with zero attached hydrogens (tertiary/aromatic N) is 4. The normalized spacial score (nSPS) is 15.6. The second-order valence-corrected chi connectivity index (χ2v) is 7.97. The van der Waals surface area contributed by atoms with Crippen LogP contribution in [0, 0.1) is 0 Å². The molecule has 4 rings (SSSR count). The maximum atomic E-state index is 6.42. The summed E-state index contributed by atoms with van der Waals surface area (Å²) in [6.07, 6.45) is 2.74. The molecule has 1 N–H and O–H groups in total. The minimum atomic E-state index is -0.00444. The fourth-order valence-corrected chi connectivity index (χ4v) is 3.80. The van der Waals surface area contributed by atoms with Crippen LogP contribution in [0.4, 0.5) is 5.95 Å². The molecule has 0 bridgehead atoms. The number of nitrogens with one attached hydrogen (secondary N) is 1. The summed E-state index contributed by atoms with van der Waals surface area (Å²) in [5.41, 5.74) is 3.14. The Hall–Kier alpha value is -2.96. The molecule has 0 amide bonds. The van der Waals surface area contributed by atoms with Gasteiger partial charge in [-0.3, -0.25) is 0 Å². The number of aromatic nitrogens is 2. The Morgan fingerprint density at radius 2 is 1.81 bits per heavy atom. The lowest BCUT2D eigenvalue weighted by molar-refractivity contribution is 0.195. The minimum Gasteiger partial charge on any atom is -0.486 e. The van der Waals surface area contributed by atoms with Gasteiger partial charge in [-0.15, -0.1) is 0 Å². The van der Waals surface area contributed by atoms with Crippen molar-refractivity contribution in [1.82, 2.24) is 20.2 Å². The molecular formula is C25H31N5O. The van der Waals surface area contributed by atoms with E-state index in [2.05, 4.69) is 63.5 Å². The van der Waals surface area contributed by atoms with Gasteiger partial charge in [0.1, 0.15) is 11.9 Å². The quantitative estimate of drug-likeness (QED) is 0.604. The predicted octanol–water partition coefficient (Wildman–Crippen LogP) is 3.63. The van der Waals surface area contributed by atoms with Crippen molar-refractivity contribution in [3.05, 3.63) is 72.4 Å². The Morgan fingerprint density at radius 3 is 2.58 bits per heavy atom. The molecule has 1 aliphatic rings. The molecular weight excluding hydrogens is 386 g/mol. The van der Waals surface area contributed by atoms with Crippen LogP contribution in [-0.2, 0) is 0 Å². The second-order valence-electron chi connectivity index (χ2n) is 7.97. The van der Waals surface area contributed by atoms with Gasteiger partial charge >= 0.3 is 0 Å². The van der Waals surface area contributed by atoms with Crippen molar-refractivity contribution in [3.8, 4) is 17.0 Å². The molecule has 1 aromatic heterocycles. The number of benzene rings is 2. The maximum absolute atomic E-state index is 6.42. The van der Waals surface area contributed by atoms with E-state index in [0.29, 0.717) is 0 Å². The van der Waals surface area contributed by atoms with Gasteiger partial charge in [0.25, 0.3) is 0 Å². The molecule has 1 atom stereocenters. The molecule has 6 heteroatoms. The largest absolute Gasteiger partial charge is 0.486 e. The minimum absolute atomic E-state index is 0.00444. The third kappa shape index (κ3) is 5.60. The van der Waals surface area contributed by atoms with Gasteiger partial charge in [0.05, 0.1) is 5.69 Å². The lowest BCUT2D eigenvalue weighted by atomic mass is 10.1. The summed E-state index contributed by atoms with van der Waals surface area (Å²) in [4.78, 5) is 14.0. The molecule has 1 unspecified atom stereocenters. The first-order chi connectivity index (χ1) is 15.2. The number of piperazine rings is 1. The van der Waals surface area contributed by atoms with Gasteiger partial charge in [-0.05, 0) is 44.4 Å². The molecule has 3 aromatic rings. The molecule has 162 valence electrons. The third-order valence-corrected chi connectivity index (χ3v) is 5.67. The number of hydrogen-bond acceptors (Lipinski definition) is 6. The van der Waals surface area contributed by atoms with Crippen molar-refractivity contribution < 1.29 is 4.74 Å².